The van der Waals surface area contributed by atoms with E-state index in [4.69, 9.17) is 0 Å². The molecule has 3 N–H and O–H groups in total. The number of amides is 4. The van der Waals surface area contributed by atoms with Crippen molar-refractivity contribution in [2.45, 2.75) is 25.3 Å². The van der Waals surface area contributed by atoms with Crippen molar-refractivity contribution in [2.24, 2.45) is 0 Å². The van der Waals surface area contributed by atoms with Crippen molar-refractivity contribution in [2.75, 3.05) is 5.32 Å². The molecule has 1 aromatic rings. The maximum absolute atomic E-state index is 12.1. The third kappa shape index (κ3) is 2.62. The van der Waals surface area contributed by atoms with Crippen molar-refractivity contribution in [1.29, 1.82) is 0 Å². The lowest BCUT2D eigenvalue weighted by atomic mass is 10.0. The van der Waals surface area contributed by atoms with Gasteiger partial charge in [0.2, 0.25) is 17.7 Å². The summed E-state index contributed by atoms with van der Waals surface area (Å²) < 4.78 is 0. The Morgan fingerprint density at radius 2 is 1.95 bits per heavy atom. The van der Waals surface area contributed by atoms with Crippen LogP contribution in [0.3, 0.4) is 0 Å². The number of anilines is 1. The van der Waals surface area contributed by atoms with Crippen molar-refractivity contribution in [3.63, 3.8) is 0 Å². The van der Waals surface area contributed by atoms with E-state index in [0.29, 0.717) is 17.7 Å². The summed E-state index contributed by atoms with van der Waals surface area (Å²) in [5, 5.41) is 7.44. The number of rotatable bonds is 2. The summed E-state index contributed by atoms with van der Waals surface area (Å²) in [4.78, 5) is 46.1. The minimum Gasteiger partial charge on any atom is -0.340 e. The molecule has 2 aliphatic rings. The summed E-state index contributed by atoms with van der Waals surface area (Å²) >= 11 is 0. The zero-order valence-electron chi connectivity index (χ0n) is 11.1. The summed E-state index contributed by atoms with van der Waals surface area (Å²) in [6.07, 6.45) is 0.805. The number of hydrogen-bond acceptors (Lipinski definition) is 4. The van der Waals surface area contributed by atoms with Gasteiger partial charge in [-0.05, 0) is 24.1 Å². The Kier molecular flexibility index (Phi) is 3.17. The maximum Gasteiger partial charge on any atom is 0.252 e. The molecule has 0 aliphatic carbocycles. The van der Waals surface area contributed by atoms with Crippen LogP contribution in [0.5, 0.6) is 0 Å². The highest BCUT2D eigenvalue weighted by molar-refractivity contribution is 6.05. The molecule has 4 amide bonds. The fourth-order valence-electron chi connectivity index (χ4n) is 2.43. The van der Waals surface area contributed by atoms with Gasteiger partial charge in [0.1, 0.15) is 6.04 Å². The molecule has 21 heavy (non-hydrogen) atoms. The third-order valence-corrected chi connectivity index (χ3v) is 3.54. The maximum atomic E-state index is 12.1. The standard InChI is InChI=1S/C14H13N3O4/c18-11-4-3-9(14(21)17-11)16-13(20)8-2-1-7-6-12(19)15-10(7)5-8/h1-2,5,9H,3-4,6H2,(H,15,19)(H,16,20)(H,17,18,21). The lowest BCUT2D eigenvalue weighted by Gasteiger charge is -2.21. The summed E-state index contributed by atoms with van der Waals surface area (Å²) in [7, 11) is 0. The lowest BCUT2D eigenvalue weighted by Crippen LogP contribution is -2.52. The Balaban J connectivity index is 1.72. The van der Waals surface area contributed by atoms with Crippen LogP contribution in [0.2, 0.25) is 0 Å². The van der Waals surface area contributed by atoms with E-state index in [1.807, 2.05) is 0 Å². The first-order valence-electron chi connectivity index (χ1n) is 6.60. The lowest BCUT2D eigenvalue weighted by molar-refractivity contribution is -0.134. The first-order valence-corrected chi connectivity index (χ1v) is 6.60. The highest BCUT2D eigenvalue weighted by atomic mass is 16.2. The molecule has 1 fully saturated rings. The monoisotopic (exact) mass is 287 g/mol. The number of imide groups is 1. The summed E-state index contributed by atoms with van der Waals surface area (Å²) in [6, 6.07) is 4.20. The molecule has 1 aromatic carbocycles. The first kappa shape index (κ1) is 13.3. The summed E-state index contributed by atoms with van der Waals surface area (Å²) in [5.74, 6) is -1.33. The molecule has 2 heterocycles. The summed E-state index contributed by atoms with van der Waals surface area (Å²) in [5.41, 5.74) is 1.83. The largest absolute Gasteiger partial charge is 0.340 e. The van der Waals surface area contributed by atoms with Crippen molar-refractivity contribution in [3.05, 3.63) is 29.3 Å². The molecule has 0 aromatic heterocycles. The Bertz CT molecular complexity index is 668. The van der Waals surface area contributed by atoms with Gasteiger partial charge in [0.25, 0.3) is 5.91 Å². The molecule has 1 atom stereocenters. The third-order valence-electron chi connectivity index (χ3n) is 3.54. The minimum absolute atomic E-state index is 0.104. The average Bonchev–Trinajstić information content (AvgIpc) is 2.80. The smallest absolute Gasteiger partial charge is 0.252 e. The number of nitrogens with one attached hydrogen (secondary N) is 3. The Morgan fingerprint density at radius 1 is 1.14 bits per heavy atom. The van der Waals surface area contributed by atoms with Gasteiger partial charge in [0.15, 0.2) is 0 Å². The van der Waals surface area contributed by atoms with Gasteiger partial charge in [0.05, 0.1) is 6.42 Å². The van der Waals surface area contributed by atoms with E-state index in [1.165, 1.54) is 0 Å². The van der Waals surface area contributed by atoms with Crippen LogP contribution in [0.15, 0.2) is 18.2 Å². The van der Waals surface area contributed by atoms with Crippen LogP contribution in [0.25, 0.3) is 0 Å². The molecule has 0 spiro atoms. The molecule has 0 bridgehead atoms. The molecular formula is C14H13N3O4. The van der Waals surface area contributed by atoms with Crippen LogP contribution in [-0.2, 0) is 20.8 Å². The molecule has 3 rings (SSSR count). The van der Waals surface area contributed by atoms with Gasteiger partial charge in [-0.3, -0.25) is 24.5 Å². The van der Waals surface area contributed by atoms with Gasteiger partial charge >= 0.3 is 0 Å². The second-order valence-electron chi connectivity index (χ2n) is 5.07. The second kappa shape index (κ2) is 5.01. The van der Waals surface area contributed by atoms with Gasteiger partial charge in [-0.25, -0.2) is 0 Å². The van der Waals surface area contributed by atoms with Crippen molar-refractivity contribution in [1.82, 2.24) is 10.6 Å². The highest BCUT2D eigenvalue weighted by Crippen LogP contribution is 2.24. The van der Waals surface area contributed by atoms with Crippen LogP contribution < -0.4 is 16.0 Å². The predicted molar refractivity (Wildman–Crippen MR) is 72.4 cm³/mol. The van der Waals surface area contributed by atoms with E-state index in [9.17, 15) is 19.2 Å². The van der Waals surface area contributed by atoms with Gasteiger partial charge in [-0.15, -0.1) is 0 Å². The zero-order chi connectivity index (χ0) is 15.0. The zero-order valence-corrected chi connectivity index (χ0v) is 11.1. The minimum atomic E-state index is -0.710. The van der Waals surface area contributed by atoms with Gasteiger partial charge < -0.3 is 10.6 Å². The van der Waals surface area contributed by atoms with E-state index in [1.54, 1.807) is 18.2 Å². The van der Waals surface area contributed by atoms with Crippen molar-refractivity contribution >= 4 is 29.3 Å². The van der Waals surface area contributed by atoms with Crippen LogP contribution in [-0.4, -0.2) is 29.7 Å². The number of hydrogen-bond donors (Lipinski definition) is 3. The number of carbonyl (C=O) groups is 4. The fourth-order valence-corrected chi connectivity index (χ4v) is 2.43. The van der Waals surface area contributed by atoms with E-state index >= 15 is 0 Å². The number of piperidine rings is 1. The number of fused-ring (bicyclic) bond motifs is 1. The fraction of sp³-hybridized carbons (Fsp3) is 0.286. The predicted octanol–water partition coefficient (Wildman–Crippen LogP) is -0.284. The Labute approximate surface area is 120 Å². The average molecular weight is 287 g/mol. The molecule has 108 valence electrons. The molecule has 2 aliphatic heterocycles. The van der Waals surface area contributed by atoms with Gasteiger partial charge in [0, 0.05) is 17.7 Å². The Hall–Kier alpha value is -2.70. The van der Waals surface area contributed by atoms with Gasteiger partial charge in [-0.2, -0.15) is 0 Å². The molecular weight excluding hydrogens is 274 g/mol. The van der Waals surface area contributed by atoms with Gasteiger partial charge in [-0.1, -0.05) is 6.07 Å². The molecule has 0 radical (unpaired) electrons. The van der Waals surface area contributed by atoms with E-state index < -0.39 is 17.9 Å². The van der Waals surface area contributed by atoms with Crippen LogP contribution in [0.1, 0.15) is 28.8 Å². The molecule has 7 heteroatoms. The van der Waals surface area contributed by atoms with E-state index in [-0.39, 0.29) is 24.7 Å². The number of benzene rings is 1. The first-order chi connectivity index (χ1) is 10.0. The van der Waals surface area contributed by atoms with Crippen molar-refractivity contribution in [3.8, 4) is 0 Å². The molecule has 7 nitrogen and oxygen atoms in total. The SMILES string of the molecule is O=C1CCC(NC(=O)c2ccc3c(c2)NC(=O)C3)C(=O)N1. The van der Waals surface area contributed by atoms with Crippen molar-refractivity contribution < 1.29 is 19.2 Å². The molecule has 1 unspecified atom stereocenters. The quantitative estimate of drug-likeness (QED) is 0.650. The second-order valence-corrected chi connectivity index (χ2v) is 5.07. The van der Waals surface area contributed by atoms with E-state index in [0.717, 1.165) is 5.56 Å². The normalized spacial score (nSPS) is 20.6. The molecule has 0 saturated carbocycles. The highest BCUT2D eigenvalue weighted by Gasteiger charge is 2.28. The van der Waals surface area contributed by atoms with E-state index in [2.05, 4.69) is 16.0 Å². The van der Waals surface area contributed by atoms with Crippen LogP contribution in [0.4, 0.5) is 5.69 Å². The van der Waals surface area contributed by atoms with Crippen LogP contribution in [0, 0.1) is 0 Å². The number of carbonyl (C=O) groups excluding carboxylic acids is 4. The summed E-state index contributed by atoms with van der Waals surface area (Å²) in [6.45, 7) is 0. The Morgan fingerprint density at radius 3 is 2.71 bits per heavy atom. The molecule has 1 saturated heterocycles. The topological polar surface area (TPSA) is 104 Å². The van der Waals surface area contributed by atoms with Crippen LogP contribution >= 0.6 is 0 Å².